The van der Waals surface area contributed by atoms with E-state index >= 15 is 0 Å². The number of hydrogen-bond acceptors (Lipinski definition) is 5. The van der Waals surface area contributed by atoms with E-state index in [1.807, 2.05) is 12.3 Å². The zero-order valence-electron chi connectivity index (χ0n) is 14.8. The molecule has 27 heavy (non-hydrogen) atoms. The van der Waals surface area contributed by atoms with Crippen molar-refractivity contribution in [3.63, 3.8) is 0 Å². The van der Waals surface area contributed by atoms with Gasteiger partial charge in [0.25, 0.3) is 5.91 Å². The first-order chi connectivity index (χ1) is 12.5. The second kappa shape index (κ2) is 9.84. The fourth-order valence-corrected chi connectivity index (χ4v) is 4.18. The quantitative estimate of drug-likeness (QED) is 0.621. The van der Waals surface area contributed by atoms with Crippen molar-refractivity contribution in [3.8, 4) is 0 Å². The van der Waals surface area contributed by atoms with Gasteiger partial charge in [0, 0.05) is 37.1 Å². The fraction of sp³-hybridized carbons (Fsp3) is 0.412. The van der Waals surface area contributed by atoms with Crippen LogP contribution in [0.3, 0.4) is 0 Å². The van der Waals surface area contributed by atoms with Gasteiger partial charge in [-0.2, -0.15) is 5.10 Å². The molecule has 8 nitrogen and oxygen atoms in total. The minimum absolute atomic E-state index is 0. The van der Waals surface area contributed by atoms with Crippen molar-refractivity contribution in [3.05, 3.63) is 48.3 Å². The number of piperidine rings is 1. The maximum Gasteiger partial charge on any atom is 0.251 e. The summed E-state index contributed by atoms with van der Waals surface area (Å²) in [5.41, 5.74) is 0.315. The number of sulfonamides is 1. The number of nitrogens with one attached hydrogen (secondary N) is 3. The third kappa shape index (κ3) is 6.03. The largest absolute Gasteiger partial charge is 0.350 e. The lowest BCUT2D eigenvalue weighted by Gasteiger charge is -2.23. The normalized spacial score (nSPS) is 17.1. The lowest BCUT2D eigenvalue weighted by atomic mass is 10.1. The van der Waals surface area contributed by atoms with E-state index in [4.69, 9.17) is 0 Å². The van der Waals surface area contributed by atoms with Crippen LogP contribution in [0, 0.1) is 0 Å². The summed E-state index contributed by atoms with van der Waals surface area (Å²) in [6.45, 7) is 2.48. The minimum atomic E-state index is -3.66. The van der Waals surface area contributed by atoms with E-state index in [0.29, 0.717) is 25.2 Å². The molecule has 0 aliphatic carbocycles. The maximum absolute atomic E-state index is 12.6. The molecule has 10 heteroatoms. The highest BCUT2D eigenvalue weighted by atomic mass is 35.5. The first-order valence-electron chi connectivity index (χ1n) is 8.63. The van der Waals surface area contributed by atoms with E-state index in [0.717, 1.165) is 19.4 Å². The van der Waals surface area contributed by atoms with Gasteiger partial charge < -0.3 is 10.6 Å². The summed E-state index contributed by atoms with van der Waals surface area (Å²) in [6.07, 6.45) is 5.22. The number of benzene rings is 1. The topological polar surface area (TPSA) is 105 Å². The average Bonchev–Trinajstić information content (AvgIpc) is 3.16. The van der Waals surface area contributed by atoms with Gasteiger partial charge in [0.1, 0.15) is 0 Å². The molecule has 148 valence electrons. The molecule has 1 aromatic carbocycles. The first-order valence-corrected chi connectivity index (χ1v) is 10.1. The van der Waals surface area contributed by atoms with Crippen molar-refractivity contribution in [2.45, 2.75) is 30.3 Å². The second-order valence-electron chi connectivity index (χ2n) is 6.22. The molecule has 1 aliphatic rings. The molecule has 2 aromatic rings. The minimum Gasteiger partial charge on any atom is -0.350 e. The zero-order valence-corrected chi connectivity index (χ0v) is 16.4. The zero-order chi connectivity index (χ0) is 18.4. The SMILES string of the molecule is Cl.O=C(NCCn1cccn1)c1cccc(S(=O)(=O)N[C@@H]2CCCNC2)c1. The van der Waals surface area contributed by atoms with E-state index < -0.39 is 10.0 Å². The number of aromatic nitrogens is 2. The van der Waals surface area contributed by atoms with Gasteiger partial charge in [0.15, 0.2) is 0 Å². The van der Waals surface area contributed by atoms with Crippen molar-refractivity contribution in [2.75, 3.05) is 19.6 Å². The van der Waals surface area contributed by atoms with Crippen LogP contribution in [0.1, 0.15) is 23.2 Å². The summed E-state index contributed by atoms with van der Waals surface area (Å²) in [4.78, 5) is 12.4. The molecule has 1 aromatic heterocycles. The Balaban J connectivity index is 0.00000261. The Hall–Kier alpha value is -1.94. The van der Waals surface area contributed by atoms with Crippen LogP contribution in [0.15, 0.2) is 47.6 Å². The molecule has 1 fully saturated rings. The molecular formula is C17H24ClN5O3S. The lowest BCUT2D eigenvalue weighted by molar-refractivity contribution is 0.0951. The van der Waals surface area contributed by atoms with Crippen molar-refractivity contribution in [2.24, 2.45) is 0 Å². The van der Waals surface area contributed by atoms with Crippen molar-refractivity contribution in [1.29, 1.82) is 0 Å². The van der Waals surface area contributed by atoms with Gasteiger partial charge in [0.2, 0.25) is 10.0 Å². The smallest absolute Gasteiger partial charge is 0.251 e. The predicted octanol–water partition coefficient (Wildman–Crippen LogP) is 0.765. The third-order valence-electron chi connectivity index (χ3n) is 4.21. The fourth-order valence-electron chi connectivity index (χ4n) is 2.86. The van der Waals surface area contributed by atoms with Gasteiger partial charge in [-0.05, 0) is 43.7 Å². The van der Waals surface area contributed by atoms with Gasteiger partial charge in [-0.15, -0.1) is 12.4 Å². The van der Waals surface area contributed by atoms with Crippen LogP contribution >= 0.6 is 12.4 Å². The standard InChI is InChI=1S/C17H23N5O3S.ClH/c23-17(19-9-11-22-10-3-8-20-22)14-4-1-6-16(12-14)26(24,25)21-15-5-2-7-18-13-15;/h1,3-4,6,8,10,12,15,18,21H,2,5,7,9,11,13H2,(H,19,23);1H/t15-;/m1./s1. The van der Waals surface area contributed by atoms with Gasteiger partial charge in [-0.3, -0.25) is 9.48 Å². The molecule has 3 rings (SSSR count). The van der Waals surface area contributed by atoms with Crippen LogP contribution in [-0.2, 0) is 16.6 Å². The van der Waals surface area contributed by atoms with E-state index in [2.05, 4.69) is 20.5 Å². The Labute approximate surface area is 165 Å². The number of carbonyl (C=O) groups is 1. The molecule has 0 bridgehead atoms. The van der Waals surface area contributed by atoms with E-state index in [1.165, 1.54) is 12.1 Å². The summed E-state index contributed by atoms with van der Waals surface area (Å²) in [7, 11) is -3.66. The Morgan fingerprint density at radius 3 is 2.89 bits per heavy atom. The number of carbonyl (C=O) groups excluding carboxylic acids is 1. The van der Waals surface area contributed by atoms with Crippen LogP contribution in [-0.4, -0.2) is 49.8 Å². The monoisotopic (exact) mass is 413 g/mol. The van der Waals surface area contributed by atoms with Crippen LogP contribution in [0.2, 0.25) is 0 Å². The molecule has 3 N–H and O–H groups in total. The van der Waals surface area contributed by atoms with Gasteiger partial charge in [-0.25, -0.2) is 13.1 Å². The summed E-state index contributed by atoms with van der Waals surface area (Å²) in [5, 5.41) is 10.0. The molecule has 1 saturated heterocycles. The average molecular weight is 414 g/mol. The van der Waals surface area contributed by atoms with Gasteiger partial charge >= 0.3 is 0 Å². The Morgan fingerprint density at radius 2 is 2.19 bits per heavy atom. The number of nitrogens with zero attached hydrogens (tertiary/aromatic N) is 2. The Kier molecular flexibility index (Phi) is 7.78. The van der Waals surface area contributed by atoms with Crippen molar-refractivity contribution >= 4 is 28.3 Å². The lowest BCUT2D eigenvalue weighted by Crippen LogP contribution is -2.45. The molecule has 0 unspecified atom stereocenters. The number of amides is 1. The molecule has 2 heterocycles. The van der Waals surface area contributed by atoms with E-state index in [1.54, 1.807) is 23.0 Å². The Morgan fingerprint density at radius 1 is 1.33 bits per heavy atom. The first kappa shape index (κ1) is 21.4. The van der Waals surface area contributed by atoms with Crippen LogP contribution < -0.4 is 15.4 Å². The van der Waals surface area contributed by atoms with E-state index in [9.17, 15) is 13.2 Å². The summed E-state index contributed by atoms with van der Waals surface area (Å²) < 4.78 is 29.5. The molecule has 0 saturated carbocycles. The number of hydrogen-bond donors (Lipinski definition) is 3. The van der Waals surface area contributed by atoms with Crippen LogP contribution in [0.25, 0.3) is 0 Å². The second-order valence-corrected chi connectivity index (χ2v) is 7.93. The van der Waals surface area contributed by atoms with Crippen molar-refractivity contribution in [1.82, 2.24) is 25.1 Å². The maximum atomic E-state index is 12.6. The highest BCUT2D eigenvalue weighted by molar-refractivity contribution is 7.89. The number of halogens is 1. The summed E-state index contributed by atoms with van der Waals surface area (Å²) in [6, 6.07) is 7.77. The van der Waals surface area contributed by atoms with Crippen LogP contribution in [0.4, 0.5) is 0 Å². The molecular weight excluding hydrogens is 390 g/mol. The molecule has 0 spiro atoms. The Bertz CT molecular complexity index is 836. The van der Waals surface area contributed by atoms with Crippen molar-refractivity contribution < 1.29 is 13.2 Å². The number of rotatable bonds is 7. The molecule has 1 amide bonds. The van der Waals surface area contributed by atoms with Gasteiger partial charge in [0.05, 0.1) is 11.4 Å². The summed E-state index contributed by atoms with van der Waals surface area (Å²) >= 11 is 0. The van der Waals surface area contributed by atoms with Crippen LogP contribution in [0.5, 0.6) is 0 Å². The molecule has 1 aliphatic heterocycles. The molecule has 1 atom stereocenters. The predicted molar refractivity (Wildman–Crippen MR) is 104 cm³/mol. The third-order valence-corrected chi connectivity index (χ3v) is 5.73. The molecule has 0 radical (unpaired) electrons. The highest BCUT2D eigenvalue weighted by Gasteiger charge is 2.22. The van der Waals surface area contributed by atoms with E-state index in [-0.39, 0.29) is 29.3 Å². The van der Waals surface area contributed by atoms with Gasteiger partial charge in [-0.1, -0.05) is 6.07 Å². The highest BCUT2D eigenvalue weighted by Crippen LogP contribution is 2.14. The summed E-state index contributed by atoms with van der Waals surface area (Å²) in [5.74, 6) is -0.312.